The van der Waals surface area contributed by atoms with E-state index in [2.05, 4.69) is 5.16 Å². The summed E-state index contributed by atoms with van der Waals surface area (Å²) in [6.45, 7) is 2.23. The van der Waals surface area contributed by atoms with Crippen molar-refractivity contribution in [1.82, 2.24) is 10.1 Å². The summed E-state index contributed by atoms with van der Waals surface area (Å²) in [5.74, 6) is 0.634. The second-order valence-electron chi connectivity index (χ2n) is 3.80. The number of aryl methyl sites for hydroxylation is 1. The number of nitrogens with two attached hydrogens (primary N) is 1. The molecule has 1 amide bonds. The zero-order chi connectivity index (χ0) is 12.4. The first-order chi connectivity index (χ1) is 8.08. The Morgan fingerprint density at radius 3 is 2.94 bits per heavy atom. The van der Waals surface area contributed by atoms with E-state index >= 15 is 0 Å². The molecule has 0 bridgehead atoms. The van der Waals surface area contributed by atoms with E-state index in [1.807, 2.05) is 13.0 Å². The first kappa shape index (κ1) is 11.7. The fourth-order valence-electron chi connectivity index (χ4n) is 1.47. The van der Waals surface area contributed by atoms with Gasteiger partial charge in [-0.2, -0.15) is 0 Å². The molecule has 2 aromatic heterocycles. The van der Waals surface area contributed by atoms with Crippen molar-refractivity contribution in [3.05, 3.63) is 33.8 Å². The van der Waals surface area contributed by atoms with Gasteiger partial charge in [0.1, 0.15) is 16.3 Å². The number of aromatic nitrogens is 1. The Kier molecular flexibility index (Phi) is 3.14. The van der Waals surface area contributed by atoms with Crippen LogP contribution in [0.1, 0.15) is 21.1 Å². The lowest BCUT2D eigenvalue weighted by molar-refractivity contribution is 0.0788. The molecule has 0 aromatic carbocycles. The Morgan fingerprint density at radius 1 is 1.65 bits per heavy atom. The Hall–Kier alpha value is -1.82. The lowest BCUT2D eigenvalue weighted by atomic mass is 10.3. The maximum atomic E-state index is 12.0. The smallest absolute Gasteiger partial charge is 0.266 e. The molecule has 2 rings (SSSR count). The molecule has 2 N–H and O–H groups in total. The monoisotopic (exact) mass is 251 g/mol. The van der Waals surface area contributed by atoms with E-state index in [1.165, 1.54) is 11.3 Å². The average molecular weight is 251 g/mol. The van der Waals surface area contributed by atoms with Gasteiger partial charge in [0, 0.05) is 13.1 Å². The Balaban J connectivity index is 2.08. The highest BCUT2D eigenvalue weighted by atomic mass is 32.1. The summed E-state index contributed by atoms with van der Waals surface area (Å²) in [5.41, 5.74) is 6.95. The number of nitrogen functional groups attached to an aromatic ring is 1. The highest BCUT2D eigenvalue weighted by molar-refractivity contribution is 7.12. The molecule has 0 fully saturated rings. The third kappa shape index (κ3) is 2.47. The third-order valence-electron chi connectivity index (χ3n) is 2.31. The molecule has 90 valence electrons. The number of hydrogen-bond donors (Lipinski definition) is 1. The fraction of sp³-hybridized carbons (Fsp3) is 0.273. The van der Waals surface area contributed by atoms with Gasteiger partial charge in [0.15, 0.2) is 0 Å². The van der Waals surface area contributed by atoms with Crippen molar-refractivity contribution >= 4 is 22.9 Å². The molecule has 5 nitrogen and oxygen atoms in total. The van der Waals surface area contributed by atoms with Gasteiger partial charge in [-0.05, 0) is 18.4 Å². The Morgan fingerprint density at radius 2 is 2.41 bits per heavy atom. The van der Waals surface area contributed by atoms with E-state index in [0.29, 0.717) is 17.1 Å². The normalized spacial score (nSPS) is 10.5. The SMILES string of the molecule is Cc1cc(CN(C)C(=O)c2sccc2N)no1. The molecule has 0 spiro atoms. The number of carbonyl (C=O) groups excluding carboxylic acids is 1. The van der Waals surface area contributed by atoms with E-state index in [4.69, 9.17) is 10.3 Å². The molecule has 0 atom stereocenters. The van der Waals surface area contributed by atoms with Crippen LogP contribution in [0.4, 0.5) is 5.69 Å². The molecule has 2 heterocycles. The second-order valence-corrected chi connectivity index (χ2v) is 4.71. The minimum absolute atomic E-state index is 0.0989. The predicted molar refractivity (Wildman–Crippen MR) is 65.8 cm³/mol. The summed E-state index contributed by atoms with van der Waals surface area (Å²) in [6, 6.07) is 3.54. The van der Waals surface area contributed by atoms with Gasteiger partial charge in [-0.3, -0.25) is 4.79 Å². The third-order valence-corrected chi connectivity index (χ3v) is 3.23. The second kappa shape index (κ2) is 4.58. The zero-order valence-electron chi connectivity index (χ0n) is 9.64. The first-order valence-corrected chi connectivity index (χ1v) is 5.96. The molecular formula is C11H13N3O2S. The number of carbonyl (C=O) groups is 1. The lowest BCUT2D eigenvalue weighted by Gasteiger charge is -2.14. The topological polar surface area (TPSA) is 72.4 Å². The van der Waals surface area contributed by atoms with Crippen LogP contribution in [0.2, 0.25) is 0 Å². The van der Waals surface area contributed by atoms with E-state index in [1.54, 1.807) is 23.4 Å². The van der Waals surface area contributed by atoms with Crippen molar-refractivity contribution in [3.8, 4) is 0 Å². The van der Waals surface area contributed by atoms with Crippen LogP contribution in [0.25, 0.3) is 0 Å². The van der Waals surface area contributed by atoms with Crippen LogP contribution in [0.3, 0.4) is 0 Å². The van der Waals surface area contributed by atoms with Crippen LogP contribution in [0.5, 0.6) is 0 Å². The van der Waals surface area contributed by atoms with Crippen LogP contribution in [0.15, 0.2) is 22.0 Å². The summed E-state index contributed by atoms with van der Waals surface area (Å²) in [6.07, 6.45) is 0. The summed E-state index contributed by atoms with van der Waals surface area (Å²) in [4.78, 5) is 14.2. The van der Waals surface area contributed by atoms with Crippen LogP contribution in [0, 0.1) is 6.92 Å². The molecular weight excluding hydrogens is 238 g/mol. The molecule has 6 heteroatoms. The molecule has 0 aliphatic carbocycles. The molecule has 0 radical (unpaired) electrons. The quantitative estimate of drug-likeness (QED) is 0.904. The van der Waals surface area contributed by atoms with E-state index < -0.39 is 0 Å². The van der Waals surface area contributed by atoms with Crippen molar-refractivity contribution in [3.63, 3.8) is 0 Å². The van der Waals surface area contributed by atoms with Gasteiger partial charge in [0.2, 0.25) is 0 Å². The molecule has 2 aromatic rings. The first-order valence-electron chi connectivity index (χ1n) is 5.08. The molecule has 0 saturated heterocycles. The Bertz CT molecular complexity index is 532. The zero-order valence-corrected chi connectivity index (χ0v) is 10.5. The van der Waals surface area contributed by atoms with Gasteiger partial charge in [0.05, 0.1) is 12.2 Å². The number of hydrogen-bond acceptors (Lipinski definition) is 5. The highest BCUT2D eigenvalue weighted by Crippen LogP contribution is 2.21. The summed E-state index contributed by atoms with van der Waals surface area (Å²) in [7, 11) is 1.71. The molecule has 0 unspecified atom stereocenters. The van der Waals surface area contributed by atoms with Gasteiger partial charge in [-0.15, -0.1) is 11.3 Å². The van der Waals surface area contributed by atoms with Crippen LogP contribution in [-0.2, 0) is 6.54 Å². The largest absolute Gasteiger partial charge is 0.397 e. The van der Waals surface area contributed by atoms with Gasteiger partial charge >= 0.3 is 0 Å². The van der Waals surface area contributed by atoms with Gasteiger partial charge in [-0.1, -0.05) is 5.16 Å². The van der Waals surface area contributed by atoms with E-state index in [9.17, 15) is 4.79 Å². The van der Waals surface area contributed by atoms with Crippen LogP contribution >= 0.6 is 11.3 Å². The summed E-state index contributed by atoms with van der Waals surface area (Å²) in [5, 5.41) is 5.65. The number of nitrogens with zero attached hydrogens (tertiary/aromatic N) is 2. The number of amides is 1. The summed E-state index contributed by atoms with van der Waals surface area (Å²) >= 11 is 1.34. The molecule has 17 heavy (non-hydrogen) atoms. The number of rotatable bonds is 3. The van der Waals surface area contributed by atoms with Gasteiger partial charge in [0.25, 0.3) is 5.91 Å². The minimum Gasteiger partial charge on any atom is -0.397 e. The van der Waals surface area contributed by atoms with Crippen molar-refractivity contribution in [2.24, 2.45) is 0 Å². The lowest BCUT2D eigenvalue weighted by Crippen LogP contribution is -2.26. The molecule has 0 aliphatic heterocycles. The molecule has 0 aliphatic rings. The van der Waals surface area contributed by atoms with Gasteiger partial charge < -0.3 is 15.2 Å². The highest BCUT2D eigenvalue weighted by Gasteiger charge is 2.17. The number of anilines is 1. The van der Waals surface area contributed by atoms with Crippen molar-refractivity contribution in [1.29, 1.82) is 0 Å². The maximum Gasteiger partial charge on any atom is 0.266 e. The number of thiophene rings is 1. The summed E-state index contributed by atoms with van der Waals surface area (Å²) < 4.78 is 4.95. The van der Waals surface area contributed by atoms with E-state index in [0.717, 1.165) is 11.5 Å². The van der Waals surface area contributed by atoms with Gasteiger partial charge in [-0.25, -0.2) is 0 Å². The van der Waals surface area contributed by atoms with Crippen LogP contribution in [-0.4, -0.2) is 23.0 Å². The standard InChI is InChI=1S/C11H13N3O2S/c1-7-5-8(13-16-7)6-14(2)11(15)10-9(12)3-4-17-10/h3-5H,6,12H2,1-2H3. The van der Waals surface area contributed by atoms with Crippen molar-refractivity contribution in [2.75, 3.05) is 12.8 Å². The molecule has 0 saturated carbocycles. The fourth-order valence-corrected chi connectivity index (χ4v) is 2.29. The predicted octanol–water partition coefficient (Wildman–Crippen LogP) is 1.90. The van der Waals surface area contributed by atoms with Crippen molar-refractivity contribution < 1.29 is 9.32 Å². The minimum atomic E-state index is -0.0989. The van der Waals surface area contributed by atoms with Crippen LogP contribution < -0.4 is 5.73 Å². The van der Waals surface area contributed by atoms with Crippen molar-refractivity contribution in [2.45, 2.75) is 13.5 Å². The van der Waals surface area contributed by atoms with E-state index in [-0.39, 0.29) is 5.91 Å². The Labute approximate surface area is 103 Å². The maximum absolute atomic E-state index is 12.0. The average Bonchev–Trinajstić information content (AvgIpc) is 2.86.